The van der Waals surface area contributed by atoms with Crippen LogP contribution in [0.2, 0.25) is 5.02 Å². The number of aromatic nitrogens is 2. The molecule has 1 aliphatic heterocycles. The van der Waals surface area contributed by atoms with Crippen LogP contribution in [-0.4, -0.2) is 35.0 Å². The summed E-state index contributed by atoms with van der Waals surface area (Å²) in [6, 6.07) is 6.83. The van der Waals surface area contributed by atoms with Gasteiger partial charge in [-0.2, -0.15) is 0 Å². The smallest absolute Gasteiger partial charge is 0.323 e. The van der Waals surface area contributed by atoms with Crippen LogP contribution in [0, 0.1) is 12.3 Å². The molecule has 6 nitrogen and oxygen atoms in total. The normalized spacial score (nSPS) is 18.7. The van der Waals surface area contributed by atoms with Crippen molar-refractivity contribution in [1.82, 2.24) is 9.97 Å². The third-order valence-corrected chi connectivity index (χ3v) is 6.05. The number of urea groups is 1. The third-order valence-electron chi connectivity index (χ3n) is 5.82. The lowest BCUT2D eigenvalue weighted by Crippen LogP contribution is -2.66. The van der Waals surface area contributed by atoms with Crippen molar-refractivity contribution < 1.29 is 13.6 Å². The van der Waals surface area contributed by atoms with Gasteiger partial charge in [-0.05, 0) is 36.8 Å². The molecule has 1 spiro atoms. The highest BCUT2D eigenvalue weighted by atomic mass is 35.5. The topological polar surface area (TPSA) is 73.0 Å². The number of fused-ring (bicyclic) bond motifs is 1. The Morgan fingerprint density at radius 2 is 2.00 bits per heavy atom. The van der Waals surface area contributed by atoms with Crippen LogP contribution in [0.5, 0.6) is 0 Å². The summed E-state index contributed by atoms with van der Waals surface area (Å²) in [5, 5.41) is 6.98. The first-order chi connectivity index (χ1) is 14.2. The van der Waals surface area contributed by atoms with Crippen molar-refractivity contribution in [3.63, 3.8) is 0 Å². The lowest BCUT2D eigenvalue weighted by atomic mass is 9.61. The number of anilines is 3. The van der Waals surface area contributed by atoms with Crippen molar-refractivity contribution in [1.29, 1.82) is 0 Å². The Morgan fingerprint density at radius 1 is 1.23 bits per heavy atom. The number of nitrogens with one attached hydrogen (secondary N) is 3. The second kappa shape index (κ2) is 6.57. The molecular formula is C21H20ClF2N5O. The fraction of sp³-hybridized carbons (Fsp3) is 0.333. The molecule has 1 aliphatic carbocycles. The van der Waals surface area contributed by atoms with Gasteiger partial charge in [-0.3, -0.25) is 0 Å². The van der Waals surface area contributed by atoms with Crippen LogP contribution < -0.4 is 15.5 Å². The molecule has 0 radical (unpaired) electrons. The zero-order valence-electron chi connectivity index (χ0n) is 16.2. The summed E-state index contributed by atoms with van der Waals surface area (Å²) >= 11 is 6.04. The first-order valence-corrected chi connectivity index (χ1v) is 10.0. The van der Waals surface area contributed by atoms with Crippen molar-refractivity contribution in [2.45, 2.75) is 25.7 Å². The van der Waals surface area contributed by atoms with Gasteiger partial charge >= 0.3 is 6.03 Å². The van der Waals surface area contributed by atoms with Crippen molar-refractivity contribution in [3.05, 3.63) is 47.2 Å². The molecule has 0 atom stereocenters. The molecule has 5 rings (SSSR count). The van der Waals surface area contributed by atoms with E-state index in [2.05, 4.69) is 20.6 Å². The first-order valence-electron chi connectivity index (χ1n) is 9.66. The highest BCUT2D eigenvalue weighted by Crippen LogP contribution is 2.57. The maximum Gasteiger partial charge on any atom is 0.323 e. The monoisotopic (exact) mass is 431 g/mol. The van der Waals surface area contributed by atoms with Gasteiger partial charge in [0.15, 0.2) is 0 Å². The van der Waals surface area contributed by atoms with Gasteiger partial charge in [0.1, 0.15) is 5.82 Å². The Hall–Kier alpha value is -2.87. The standard InChI is InChI=1S/C21H20ClF2N5O/c1-12-4-14(6-26-18(12)29-10-20(11-29)8-21(23,24)9-20)27-19(30)28-17-7-25-16-3-2-13(22)5-15(16)17/h2-7,25H,8-11H2,1H3,(H2,27,28,30). The molecule has 3 N–H and O–H groups in total. The number of alkyl halides is 2. The number of aromatic amines is 1. The van der Waals surface area contributed by atoms with Gasteiger partial charge in [-0.25, -0.2) is 18.6 Å². The molecule has 156 valence electrons. The van der Waals surface area contributed by atoms with Crippen molar-refractivity contribution in [3.8, 4) is 0 Å². The molecule has 3 aromatic rings. The maximum absolute atomic E-state index is 13.2. The largest absolute Gasteiger partial charge is 0.359 e. The molecule has 30 heavy (non-hydrogen) atoms. The minimum Gasteiger partial charge on any atom is -0.359 e. The SMILES string of the molecule is Cc1cc(NC(=O)Nc2c[nH]c3ccc(Cl)cc23)cnc1N1CC2(C1)CC(F)(F)C2. The highest BCUT2D eigenvalue weighted by Gasteiger charge is 2.62. The number of H-pyrrole nitrogens is 1. The van der Waals surface area contributed by atoms with Gasteiger partial charge in [0.2, 0.25) is 5.92 Å². The molecule has 2 aliphatic rings. The number of benzene rings is 1. The van der Waals surface area contributed by atoms with Crippen LogP contribution in [0.3, 0.4) is 0 Å². The number of hydrogen-bond acceptors (Lipinski definition) is 3. The first kappa shape index (κ1) is 19.1. The van der Waals surface area contributed by atoms with E-state index in [1.54, 1.807) is 24.5 Å². The Morgan fingerprint density at radius 3 is 2.70 bits per heavy atom. The molecule has 9 heteroatoms. The second-order valence-corrected chi connectivity index (χ2v) is 8.84. The summed E-state index contributed by atoms with van der Waals surface area (Å²) in [6.07, 6.45) is 3.22. The number of carbonyl (C=O) groups excluding carboxylic acids is 1. The van der Waals surface area contributed by atoms with E-state index in [-0.39, 0.29) is 18.3 Å². The molecule has 2 fully saturated rings. The minimum absolute atomic E-state index is 0.0333. The van der Waals surface area contributed by atoms with Crippen LogP contribution in [0.1, 0.15) is 18.4 Å². The summed E-state index contributed by atoms with van der Waals surface area (Å²) in [7, 11) is 0. The molecule has 3 heterocycles. The maximum atomic E-state index is 13.2. The van der Waals surface area contributed by atoms with Crippen LogP contribution in [0.4, 0.5) is 30.8 Å². The predicted molar refractivity (Wildman–Crippen MR) is 114 cm³/mol. The minimum atomic E-state index is -2.51. The van der Waals surface area contributed by atoms with Gasteiger partial charge in [0.05, 0.1) is 17.6 Å². The van der Waals surface area contributed by atoms with Crippen molar-refractivity contribution in [2.24, 2.45) is 5.41 Å². The Balaban J connectivity index is 1.23. The zero-order valence-corrected chi connectivity index (χ0v) is 17.0. The zero-order chi connectivity index (χ0) is 21.1. The van der Waals surface area contributed by atoms with Gasteiger partial charge in [-0.1, -0.05) is 11.6 Å². The number of nitrogens with zero attached hydrogens (tertiary/aromatic N) is 2. The van der Waals surface area contributed by atoms with E-state index in [1.807, 2.05) is 24.0 Å². The Kier molecular flexibility index (Phi) is 4.18. The van der Waals surface area contributed by atoms with Crippen molar-refractivity contribution in [2.75, 3.05) is 28.6 Å². The Bertz CT molecular complexity index is 1150. The number of aryl methyl sites for hydroxylation is 1. The summed E-state index contributed by atoms with van der Waals surface area (Å²) in [5.41, 5.74) is 2.67. The number of halogens is 3. The van der Waals surface area contributed by atoms with E-state index in [1.165, 1.54) is 0 Å². The Labute approximate surface area is 176 Å². The van der Waals surface area contributed by atoms with Gasteiger partial charge in [0.25, 0.3) is 0 Å². The van der Waals surface area contributed by atoms with E-state index >= 15 is 0 Å². The average molecular weight is 432 g/mol. The van der Waals surface area contributed by atoms with Crippen LogP contribution >= 0.6 is 11.6 Å². The summed E-state index contributed by atoms with van der Waals surface area (Å²) in [4.78, 5) is 22.0. The summed E-state index contributed by atoms with van der Waals surface area (Å²) in [6.45, 7) is 3.10. The molecule has 0 unspecified atom stereocenters. The quantitative estimate of drug-likeness (QED) is 0.519. The predicted octanol–water partition coefficient (Wildman–Crippen LogP) is 5.40. The number of pyridine rings is 1. The van der Waals surface area contributed by atoms with Gasteiger partial charge < -0.3 is 20.5 Å². The van der Waals surface area contributed by atoms with Crippen LogP contribution in [0.15, 0.2) is 36.7 Å². The lowest BCUT2D eigenvalue weighted by molar-refractivity contribution is -0.170. The fourth-order valence-corrected chi connectivity index (χ4v) is 4.80. The fourth-order valence-electron chi connectivity index (χ4n) is 4.63. The van der Waals surface area contributed by atoms with Crippen molar-refractivity contribution >= 4 is 45.7 Å². The van der Waals surface area contributed by atoms with E-state index in [0.717, 1.165) is 22.3 Å². The lowest BCUT2D eigenvalue weighted by Gasteiger charge is -2.59. The second-order valence-electron chi connectivity index (χ2n) is 8.40. The van der Waals surface area contributed by atoms with Crippen LogP contribution in [0.25, 0.3) is 10.9 Å². The molecule has 1 saturated heterocycles. The summed E-state index contributed by atoms with van der Waals surface area (Å²) < 4.78 is 26.4. The molecule has 2 aromatic heterocycles. The van der Waals surface area contributed by atoms with E-state index < -0.39 is 12.0 Å². The molecule has 1 saturated carbocycles. The number of hydrogen-bond donors (Lipinski definition) is 3. The molecular weight excluding hydrogens is 412 g/mol. The van der Waals surface area contributed by atoms with E-state index in [0.29, 0.717) is 29.5 Å². The van der Waals surface area contributed by atoms with Crippen LogP contribution in [-0.2, 0) is 0 Å². The molecule has 1 aromatic carbocycles. The number of amides is 2. The summed E-state index contributed by atoms with van der Waals surface area (Å²) in [5.74, 6) is -1.74. The van der Waals surface area contributed by atoms with E-state index in [9.17, 15) is 13.6 Å². The highest BCUT2D eigenvalue weighted by molar-refractivity contribution is 6.31. The molecule has 2 amide bonds. The van der Waals surface area contributed by atoms with Gasteiger partial charge in [-0.15, -0.1) is 0 Å². The van der Waals surface area contributed by atoms with Gasteiger partial charge in [0, 0.05) is 53.5 Å². The molecule has 0 bridgehead atoms. The number of carbonyl (C=O) groups is 1. The number of rotatable bonds is 3. The average Bonchev–Trinajstić information content (AvgIpc) is 3.00. The van der Waals surface area contributed by atoms with E-state index in [4.69, 9.17) is 11.6 Å². The third kappa shape index (κ3) is 3.35.